The van der Waals surface area contributed by atoms with E-state index in [0.717, 1.165) is 42.0 Å². The molecule has 132 valence electrons. The molecule has 0 atom stereocenters. The molecule has 0 aliphatic heterocycles. The highest BCUT2D eigenvalue weighted by Crippen LogP contribution is 2.18. The van der Waals surface area contributed by atoms with Crippen LogP contribution in [-0.4, -0.2) is 45.4 Å². The summed E-state index contributed by atoms with van der Waals surface area (Å²) in [6.07, 6.45) is 8.56. The molecular formula is C20H36NO2+. The van der Waals surface area contributed by atoms with Gasteiger partial charge in [0.1, 0.15) is 11.5 Å². The van der Waals surface area contributed by atoms with Gasteiger partial charge in [-0.25, -0.2) is 0 Å². The standard InChI is InChI=1S/C20H36NO2/c1-5-6-10-17-22-19-12-14-20(15-13-19)23-18-11-8-7-9-16-21(2,3)4/h12-15H,5-11,16-18H2,1-4H3/q+1. The fourth-order valence-corrected chi connectivity index (χ4v) is 2.41. The molecule has 0 bridgehead atoms. The van der Waals surface area contributed by atoms with Crippen molar-refractivity contribution in [3.8, 4) is 11.5 Å². The minimum Gasteiger partial charge on any atom is -0.494 e. The van der Waals surface area contributed by atoms with Crippen LogP contribution in [0.4, 0.5) is 0 Å². The van der Waals surface area contributed by atoms with Gasteiger partial charge in [0.15, 0.2) is 0 Å². The summed E-state index contributed by atoms with van der Waals surface area (Å²) in [6, 6.07) is 8.02. The fourth-order valence-electron chi connectivity index (χ4n) is 2.41. The van der Waals surface area contributed by atoms with Crippen LogP contribution in [0.5, 0.6) is 11.5 Å². The first-order valence-electron chi connectivity index (χ1n) is 9.17. The number of rotatable bonds is 13. The first-order chi connectivity index (χ1) is 11.0. The Balaban J connectivity index is 2.07. The van der Waals surface area contributed by atoms with Gasteiger partial charge in [0, 0.05) is 0 Å². The number of quaternary nitrogens is 1. The lowest BCUT2D eigenvalue weighted by atomic mass is 10.2. The average Bonchev–Trinajstić information content (AvgIpc) is 2.51. The Morgan fingerprint density at radius 3 is 1.65 bits per heavy atom. The summed E-state index contributed by atoms with van der Waals surface area (Å²) in [4.78, 5) is 0. The lowest BCUT2D eigenvalue weighted by molar-refractivity contribution is -0.870. The second-order valence-corrected chi connectivity index (χ2v) is 7.30. The Bertz CT molecular complexity index is 395. The third-order valence-electron chi connectivity index (χ3n) is 3.83. The fraction of sp³-hybridized carbons (Fsp3) is 0.700. The van der Waals surface area contributed by atoms with E-state index >= 15 is 0 Å². The minimum absolute atomic E-state index is 0.807. The van der Waals surface area contributed by atoms with Crippen LogP contribution in [0.25, 0.3) is 0 Å². The van der Waals surface area contributed by atoms with E-state index in [1.165, 1.54) is 38.6 Å². The second kappa shape index (κ2) is 11.3. The summed E-state index contributed by atoms with van der Waals surface area (Å²) >= 11 is 0. The highest BCUT2D eigenvalue weighted by Gasteiger charge is 2.05. The monoisotopic (exact) mass is 322 g/mol. The summed E-state index contributed by atoms with van der Waals surface area (Å²) in [5.41, 5.74) is 0. The molecule has 3 heteroatoms. The number of hydrogen-bond acceptors (Lipinski definition) is 2. The van der Waals surface area contributed by atoms with Gasteiger partial charge in [0.2, 0.25) is 0 Å². The van der Waals surface area contributed by atoms with Crippen molar-refractivity contribution in [1.29, 1.82) is 0 Å². The topological polar surface area (TPSA) is 18.5 Å². The zero-order valence-corrected chi connectivity index (χ0v) is 15.6. The summed E-state index contributed by atoms with van der Waals surface area (Å²) in [6.45, 7) is 5.07. The lowest BCUT2D eigenvalue weighted by Gasteiger charge is -2.23. The molecule has 0 unspecified atom stereocenters. The molecule has 0 N–H and O–H groups in total. The lowest BCUT2D eigenvalue weighted by Crippen LogP contribution is -2.35. The molecule has 23 heavy (non-hydrogen) atoms. The van der Waals surface area contributed by atoms with Gasteiger partial charge in [-0.15, -0.1) is 0 Å². The molecule has 1 aromatic carbocycles. The van der Waals surface area contributed by atoms with E-state index < -0.39 is 0 Å². The number of ether oxygens (including phenoxy) is 2. The van der Waals surface area contributed by atoms with E-state index in [9.17, 15) is 0 Å². The third-order valence-corrected chi connectivity index (χ3v) is 3.83. The quantitative estimate of drug-likeness (QED) is 0.380. The molecule has 0 radical (unpaired) electrons. The van der Waals surface area contributed by atoms with E-state index in [0.29, 0.717) is 0 Å². The maximum Gasteiger partial charge on any atom is 0.119 e. The molecular weight excluding hydrogens is 286 g/mol. The maximum atomic E-state index is 5.79. The van der Waals surface area contributed by atoms with Crippen molar-refractivity contribution in [1.82, 2.24) is 0 Å². The van der Waals surface area contributed by atoms with Crippen LogP contribution in [0.2, 0.25) is 0 Å². The first-order valence-corrected chi connectivity index (χ1v) is 9.17. The SMILES string of the molecule is CCCCCOc1ccc(OCCCCCC[N+](C)(C)C)cc1. The van der Waals surface area contributed by atoms with Crippen LogP contribution in [-0.2, 0) is 0 Å². The zero-order valence-electron chi connectivity index (χ0n) is 15.6. The summed E-state index contributed by atoms with van der Waals surface area (Å²) in [5.74, 6) is 1.88. The van der Waals surface area contributed by atoms with Gasteiger partial charge in [0.05, 0.1) is 40.9 Å². The van der Waals surface area contributed by atoms with Gasteiger partial charge in [-0.2, -0.15) is 0 Å². The van der Waals surface area contributed by atoms with Gasteiger partial charge >= 0.3 is 0 Å². The normalized spacial score (nSPS) is 11.5. The van der Waals surface area contributed by atoms with Gasteiger partial charge < -0.3 is 14.0 Å². The van der Waals surface area contributed by atoms with E-state index in [1.807, 2.05) is 24.3 Å². The van der Waals surface area contributed by atoms with Crippen molar-refractivity contribution in [2.24, 2.45) is 0 Å². The molecule has 0 aromatic heterocycles. The predicted molar refractivity (Wildman–Crippen MR) is 98.3 cm³/mol. The third kappa shape index (κ3) is 11.0. The molecule has 0 saturated carbocycles. The highest BCUT2D eigenvalue weighted by molar-refractivity contribution is 5.31. The van der Waals surface area contributed by atoms with E-state index in [4.69, 9.17) is 9.47 Å². The smallest absolute Gasteiger partial charge is 0.119 e. The number of nitrogens with zero attached hydrogens (tertiary/aromatic N) is 1. The van der Waals surface area contributed by atoms with Gasteiger partial charge in [-0.1, -0.05) is 19.8 Å². The molecule has 0 spiro atoms. The Labute approximate surface area is 143 Å². The Morgan fingerprint density at radius 2 is 1.17 bits per heavy atom. The Kier molecular flexibility index (Phi) is 9.77. The molecule has 0 aliphatic carbocycles. The van der Waals surface area contributed by atoms with Crippen molar-refractivity contribution < 1.29 is 14.0 Å². The van der Waals surface area contributed by atoms with Crippen LogP contribution in [0.15, 0.2) is 24.3 Å². The van der Waals surface area contributed by atoms with Crippen LogP contribution in [0, 0.1) is 0 Å². The summed E-state index contributed by atoms with van der Waals surface area (Å²) in [7, 11) is 6.75. The van der Waals surface area contributed by atoms with Crippen molar-refractivity contribution in [3.63, 3.8) is 0 Å². The predicted octanol–water partition coefficient (Wildman–Crippen LogP) is 4.90. The molecule has 1 aromatic rings. The molecule has 1 rings (SSSR count). The van der Waals surface area contributed by atoms with Crippen molar-refractivity contribution in [2.75, 3.05) is 40.9 Å². The number of benzene rings is 1. The first kappa shape index (κ1) is 19.8. The summed E-state index contributed by atoms with van der Waals surface area (Å²) in [5, 5.41) is 0. The largest absolute Gasteiger partial charge is 0.494 e. The Morgan fingerprint density at radius 1 is 0.696 bits per heavy atom. The van der Waals surface area contributed by atoms with Gasteiger partial charge in [-0.3, -0.25) is 0 Å². The van der Waals surface area contributed by atoms with E-state index in [1.54, 1.807) is 0 Å². The Hall–Kier alpha value is -1.22. The number of unbranched alkanes of at least 4 members (excludes halogenated alkanes) is 5. The highest BCUT2D eigenvalue weighted by atomic mass is 16.5. The molecule has 0 saturated heterocycles. The van der Waals surface area contributed by atoms with Crippen LogP contribution < -0.4 is 9.47 Å². The summed E-state index contributed by atoms with van der Waals surface area (Å²) < 4.78 is 12.6. The van der Waals surface area contributed by atoms with Crippen LogP contribution >= 0.6 is 0 Å². The van der Waals surface area contributed by atoms with Crippen LogP contribution in [0.3, 0.4) is 0 Å². The number of hydrogen-bond donors (Lipinski definition) is 0. The zero-order chi connectivity index (χ0) is 17.0. The maximum absolute atomic E-state index is 5.79. The molecule has 3 nitrogen and oxygen atoms in total. The van der Waals surface area contributed by atoms with Gasteiger partial charge in [-0.05, 0) is 56.4 Å². The van der Waals surface area contributed by atoms with Crippen LogP contribution in [0.1, 0.15) is 51.9 Å². The average molecular weight is 323 g/mol. The van der Waals surface area contributed by atoms with Crippen molar-refractivity contribution >= 4 is 0 Å². The van der Waals surface area contributed by atoms with Gasteiger partial charge in [0.25, 0.3) is 0 Å². The minimum atomic E-state index is 0.807. The second-order valence-electron chi connectivity index (χ2n) is 7.30. The molecule has 0 heterocycles. The molecule has 0 fully saturated rings. The molecule has 0 aliphatic rings. The van der Waals surface area contributed by atoms with E-state index in [2.05, 4.69) is 28.1 Å². The van der Waals surface area contributed by atoms with E-state index in [-0.39, 0.29) is 0 Å². The van der Waals surface area contributed by atoms with Crippen molar-refractivity contribution in [3.05, 3.63) is 24.3 Å². The molecule has 0 amide bonds. The van der Waals surface area contributed by atoms with Crippen molar-refractivity contribution in [2.45, 2.75) is 51.9 Å².